The summed E-state index contributed by atoms with van der Waals surface area (Å²) in [7, 11) is 0. The molecule has 0 radical (unpaired) electrons. The molecule has 0 bridgehead atoms. The monoisotopic (exact) mass is 225 g/mol. The lowest BCUT2D eigenvalue weighted by molar-refractivity contribution is 0.244. The van der Waals surface area contributed by atoms with E-state index >= 15 is 0 Å². The zero-order valence-electron chi connectivity index (χ0n) is 10.2. The molecule has 92 valence electrons. The highest BCUT2D eigenvalue weighted by atomic mass is 15.5. The first kappa shape index (κ1) is 13.1. The van der Waals surface area contributed by atoms with Gasteiger partial charge in [0.2, 0.25) is 0 Å². The normalized spacial score (nSPS) is 19.4. The first-order valence-electron chi connectivity index (χ1n) is 6.19. The summed E-state index contributed by atoms with van der Waals surface area (Å²) in [5.41, 5.74) is 6.34. The second-order valence-corrected chi connectivity index (χ2v) is 4.53. The number of hydrogen-bond donors (Lipinski definition) is 2. The van der Waals surface area contributed by atoms with E-state index in [0.717, 1.165) is 6.54 Å². The first-order valence-corrected chi connectivity index (χ1v) is 6.19. The predicted octanol–water partition coefficient (Wildman–Crippen LogP) is 1.90. The molecule has 0 aliphatic heterocycles. The summed E-state index contributed by atoms with van der Waals surface area (Å²) in [4.78, 5) is 0. The Hall–Kier alpha value is -0.970. The van der Waals surface area contributed by atoms with E-state index in [0.29, 0.717) is 5.41 Å². The molecule has 0 atom stereocenters. The fraction of sp³-hybridized carbons (Fsp3) is 0.909. The molecule has 0 amide bonds. The number of nitrogens with zero attached hydrogens (tertiary/aromatic N) is 3. The van der Waals surface area contributed by atoms with Crippen molar-refractivity contribution in [3.63, 3.8) is 0 Å². The van der Waals surface area contributed by atoms with Gasteiger partial charge in [-0.05, 0) is 31.2 Å². The van der Waals surface area contributed by atoms with Crippen LogP contribution in [-0.4, -0.2) is 27.2 Å². The van der Waals surface area contributed by atoms with Crippen LogP contribution in [0.5, 0.6) is 0 Å². The van der Waals surface area contributed by atoms with Gasteiger partial charge in [-0.15, -0.1) is 10.2 Å². The Bertz CT molecular complexity index is 216. The number of nitrogens with one attached hydrogen (secondary N) is 1. The maximum absolute atomic E-state index is 5.82. The lowest BCUT2D eigenvalue weighted by Crippen LogP contribution is -2.29. The Morgan fingerprint density at radius 2 is 1.94 bits per heavy atom. The van der Waals surface area contributed by atoms with E-state index in [-0.39, 0.29) is 0 Å². The molecule has 1 heterocycles. The maximum atomic E-state index is 5.82. The van der Waals surface area contributed by atoms with Crippen LogP contribution in [0.3, 0.4) is 0 Å². The van der Waals surface area contributed by atoms with Gasteiger partial charge in [-0.2, -0.15) is 5.21 Å². The SMILES string of the molecule is CCC1(CN)CCCCCC1.c1nn[nH]n1. The van der Waals surface area contributed by atoms with Gasteiger partial charge in [-0.3, -0.25) is 0 Å². The smallest absolute Gasteiger partial charge is 0.161 e. The van der Waals surface area contributed by atoms with Crippen LogP contribution in [0.15, 0.2) is 6.33 Å². The van der Waals surface area contributed by atoms with Crippen molar-refractivity contribution < 1.29 is 0 Å². The molecule has 2 rings (SSSR count). The summed E-state index contributed by atoms with van der Waals surface area (Å²) in [6.07, 6.45) is 11.0. The second kappa shape index (κ2) is 7.33. The number of aromatic amines is 1. The van der Waals surface area contributed by atoms with Gasteiger partial charge in [-0.25, -0.2) is 0 Å². The summed E-state index contributed by atoms with van der Waals surface area (Å²) in [6.45, 7) is 3.20. The van der Waals surface area contributed by atoms with Crippen LogP contribution in [0.4, 0.5) is 0 Å². The summed E-state index contributed by atoms with van der Waals surface area (Å²) in [5, 5.41) is 12.2. The van der Waals surface area contributed by atoms with Crippen molar-refractivity contribution in [1.29, 1.82) is 0 Å². The molecule has 1 aliphatic rings. The molecular formula is C11H23N5. The number of rotatable bonds is 2. The van der Waals surface area contributed by atoms with E-state index in [1.807, 2.05) is 0 Å². The molecule has 0 aromatic carbocycles. The molecular weight excluding hydrogens is 202 g/mol. The average molecular weight is 225 g/mol. The Balaban J connectivity index is 0.000000212. The molecule has 1 aromatic heterocycles. The number of hydrogen-bond acceptors (Lipinski definition) is 4. The minimum Gasteiger partial charge on any atom is -0.330 e. The quantitative estimate of drug-likeness (QED) is 0.753. The second-order valence-electron chi connectivity index (χ2n) is 4.53. The predicted molar refractivity (Wildman–Crippen MR) is 63.7 cm³/mol. The summed E-state index contributed by atoms with van der Waals surface area (Å²) < 4.78 is 0. The van der Waals surface area contributed by atoms with Crippen LogP contribution in [-0.2, 0) is 0 Å². The van der Waals surface area contributed by atoms with Crippen LogP contribution in [0.2, 0.25) is 0 Å². The van der Waals surface area contributed by atoms with Crippen molar-refractivity contribution in [2.24, 2.45) is 11.1 Å². The van der Waals surface area contributed by atoms with Gasteiger partial charge in [0.15, 0.2) is 6.33 Å². The van der Waals surface area contributed by atoms with Gasteiger partial charge < -0.3 is 5.73 Å². The Labute approximate surface area is 97.2 Å². The highest BCUT2D eigenvalue weighted by Gasteiger charge is 2.26. The van der Waals surface area contributed by atoms with Crippen LogP contribution in [0, 0.1) is 5.41 Å². The van der Waals surface area contributed by atoms with E-state index in [2.05, 4.69) is 27.5 Å². The number of H-pyrrole nitrogens is 1. The van der Waals surface area contributed by atoms with Gasteiger partial charge in [0.1, 0.15) is 0 Å². The third-order valence-electron chi connectivity index (χ3n) is 3.62. The molecule has 0 saturated heterocycles. The van der Waals surface area contributed by atoms with E-state index < -0.39 is 0 Å². The van der Waals surface area contributed by atoms with E-state index in [1.165, 1.54) is 51.3 Å². The fourth-order valence-electron chi connectivity index (χ4n) is 2.31. The lowest BCUT2D eigenvalue weighted by Gasteiger charge is -2.29. The minimum absolute atomic E-state index is 0.524. The summed E-state index contributed by atoms with van der Waals surface area (Å²) in [6, 6.07) is 0. The molecule has 0 spiro atoms. The van der Waals surface area contributed by atoms with Gasteiger partial charge in [0, 0.05) is 0 Å². The first-order chi connectivity index (χ1) is 7.83. The van der Waals surface area contributed by atoms with Crippen molar-refractivity contribution >= 4 is 0 Å². The molecule has 1 aliphatic carbocycles. The minimum atomic E-state index is 0.524. The molecule has 5 heteroatoms. The number of tetrazole rings is 1. The topological polar surface area (TPSA) is 80.5 Å². The van der Waals surface area contributed by atoms with Gasteiger partial charge in [-0.1, -0.05) is 37.8 Å². The van der Waals surface area contributed by atoms with Crippen molar-refractivity contribution in [1.82, 2.24) is 20.6 Å². The molecule has 1 saturated carbocycles. The van der Waals surface area contributed by atoms with E-state index in [1.54, 1.807) is 0 Å². The van der Waals surface area contributed by atoms with E-state index in [4.69, 9.17) is 5.73 Å². The Morgan fingerprint density at radius 1 is 1.25 bits per heavy atom. The third kappa shape index (κ3) is 4.26. The third-order valence-corrected chi connectivity index (χ3v) is 3.62. The van der Waals surface area contributed by atoms with Crippen molar-refractivity contribution in [3.05, 3.63) is 6.33 Å². The average Bonchev–Trinajstić information content (AvgIpc) is 2.82. The molecule has 0 unspecified atom stereocenters. The van der Waals surface area contributed by atoms with Gasteiger partial charge >= 0.3 is 0 Å². The summed E-state index contributed by atoms with van der Waals surface area (Å²) >= 11 is 0. The van der Waals surface area contributed by atoms with Crippen LogP contribution < -0.4 is 5.73 Å². The zero-order valence-corrected chi connectivity index (χ0v) is 10.2. The molecule has 3 N–H and O–H groups in total. The van der Waals surface area contributed by atoms with Gasteiger partial charge in [0.05, 0.1) is 0 Å². The largest absolute Gasteiger partial charge is 0.330 e. The highest BCUT2D eigenvalue weighted by Crippen LogP contribution is 2.36. The number of nitrogens with two attached hydrogens (primary N) is 1. The fourth-order valence-corrected chi connectivity index (χ4v) is 2.31. The van der Waals surface area contributed by atoms with E-state index in [9.17, 15) is 0 Å². The van der Waals surface area contributed by atoms with Crippen LogP contribution in [0.25, 0.3) is 0 Å². The molecule has 1 fully saturated rings. The number of aromatic nitrogens is 4. The Kier molecular flexibility index (Phi) is 6.00. The van der Waals surface area contributed by atoms with Crippen molar-refractivity contribution in [2.45, 2.75) is 51.9 Å². The van der Waals surface area contributed by atoms with Crippen LogP contribution in [0.1, 0.15) is 51.9 Å². The highest BCUT2D eigenvalue weighted by molar-refractivity contribution is 4.80. The lowest BCUT2D eigenvalue weighted by atomic mass is 9.78. The van der Waals surface area contributed by atoms with Gasteiger partial charge in [0.25, 0.3) is 0 Å². The van der Waals surface area contributed by atoms with Crippen molar-refractivity contribution in [3.8, 4) is 0 Å². The molecule has 16 heavy (non-hydrogen) atoms. The zero-order chi connectivity index (χ0) is 11.7. The van der Waals surface area contributed by atoms with Crippen LogP contribution >= 0.6 is 0 Å². The maximum Gasteiger partial charge on any atom is 0.161 e. The standard InChI is InChI=1S/C10H21N.CH2N4/c1-2-10(9-11)7-5-3-4-6-8-10;1-2-4-5-3-1/h2-9,11H2,1H3;1H,(H,2,3,4,5). The molecule has 5 nitrogen and oxygen atoms in total. The Morgan fingerprint density at radius 3 is 2.25 bits per heavy atom. The van der Waals surface area contributed by atoms with Crippen molar-refractivity contribution in [2.75, 3.05) is 6.54 Å². The molecule has 1 aromatic rings. The summed E-state index contributed by atoms with van der Waals surface area (Å²) in [5.74, 6) is 0.